The monoisotopic (exact) mass is 382 g/mol. The summed E-state index contributed by atoms with van der Waals surface area (Å²) in [5.74, 6) is 3.14. The van der Waals surface area contributed by atoms with Gasteiger partial charge in [0.1, 0.15) is 23.5 Å². The van der Waals surface area contributed by atoms with Crippen molar-refractivity contribution in [2.45, 2.75) is 19.9 Å². The van der Waals surface area contributed by atoms with Gasteiger partial charge in [0.05, 0.1) is 26.5 Å². The summed E-state index contributed by atoms with van der Waals surface area (Å²) in [7, 11) is 3.34. The first-order valence-electron chi connectivity index (χ1n) is 9.32. The lowest BCUT2D eigenvalue weighted by molar-refractivity contribution is 0.340. The molecule has 0 amide bonds. The predicted molar refractivity (Wildman–Crippen MR) is 108 cm³/mol. The van der Waals surface area contributed by atoms with E-state index in [0.717, 1.165) is 47.0 Å². The second kappa shape index (κ2) is 9.80. The van der Waals surface area contributed by atoms with Crippen molar-refractivity contribution in [1.82, 2.24) is 10.3 Å². The summed E-state index contributed by atoms with van der Waals surface area (Å²) in [5.41, 5.74) is 2.89. The van der Waals surface area contributed by atoms with Gasteiger partial charge in [-0.1, -0.05) is 0 Å². The molecule has 6 heteroatoms. The topological polar surface area (TPSA) is 65.8 Å². The fraction of sp³-hybridized carbons (Fsp3) is 0.318. The lowest BCUT2D eigenvalue weighted by Gasteiger charge is -2.10. The number of oxazole rings is 1. The maximum absolute atomic E-state index is 5.60. The quantitative estimate of drug-likeness (QED) is 0.533. The van der Waals surface area contributed by atoms with Crippen LogP contribution in [0.4, 0.5) is 0 Å². The van der Waals surface area contributed by atoms with Crippen LogP contribution >= 0.6 is 0 Å². The summed E-state index contributed by atoms with van der Waals surface area (Å²) in [6.45, 7) is 4.03. The van der Waals surface area contributed by atoms with E-state index in [1.807, 2.05) is 49.4 Å². The molecule has 1 N–H and O–H groups in total. The van der Waals surface area contributed by atoms with Crippen molar-refractivity contribution in [2.75, 3.05) is 27.4 Å². The van der Waals surface area contributed by atoms with Crippen molar-refractivity contribution < 1.29 is 18.6 Å². The average Bonchev–Trinajstić information content (AvgIpc) is 3.21. The van der Waals surface area contributed by atoms with Crippen LogP contribution in [0.1, 0.15) is 18.2 Å². The number of nitrogens with one attached hydrogen (secondary N) is 1. The van der Waals surface area contributed by atoms with E-state index in [1.165, 1.54) is 0 Å². The van der Waals surface area contributed by atoms with Crippen molar-refractivity contribution >= 4 is 0 Å². The molecule has 1 aromatic heterocycles. The molecule has 0 aliphatic rings. The van der Waals surface area contributed by atoms with Crippen LogP contribution in [0.3, 0.4) is 0 Å². The molecular weight excluding hydrogens is 356 g/mol. The summed E-state index contributed by atoms with van der Waals surface area (Å²) in [5, 5.41) is 3.39. The van der Waals surface area contributed by atoms with Crippen molar-refractivity contribution in [3.8, 4) is 28.7 Å². The van der Waals surface area contributed by atoms with Gasteiger partial charge < -0.3 is 23.9 Å². The molecule has 0 aliphatic carbocycles. The molecule has 0 radical (unpaired) electrons. The van der Waals surface area contributed by atoms with Gasteiger partial charge in [0, 0.05) is 12.1 Å². The van der Waals surface area contributed by atoms with E-state index < -0.39 is 0 Å². The molecule has 1 heterocycles. The summed E-state index contributed by atoms with van der Waals surface area (Å²) in [6.07, 6.45) is 2.51. The lowest BCUT2D eigenvalue weighted by atomic mass is 10.1. The molecule has 0 saturated heterocycles. The highest BCUT2D eigenvalue weighted by Crippen LogP contribution is 2.24. The maximum Gasteiger partial charge on any atom is 0.226 e. The first-order chi connectivity index (χ1) is 13.7. The number of aromatic nitrogens is 1. The van der Waals surface area contributed by atoms with Crippen LogP contribution in [0.25, 0.3) is 11.5 Å². The van der Waals surface area contributed by atoms with E-state index in [4.69, 9.17) is 18.6 Å². The number of hydrogen-bond acceptors (Lipinski definition) is 6. The van der Waals surface area contributed by atoms with Gasteiger partial charge in [-0.15, -0.1) is 0 Å². The molecule has 0 atom stereocenters. The van der Waals surface area contributed by atoms with E-state index in [9.17, 15) is 0 Å². The molecule has 28 heavy (non-hydrogen) atoms. The molecule has 0 aliphatic heterocycles. The Balaban J connectivity index is 1.52. The molecule has 0 spiro atoms. The van der Waals surface area contributed by atoms with Gasteiger partial charge in [-0.3, -0.25) is 0 Å². The maximum atomic E-state index is 5.60. The molecule has 0 bridgehead atoms. The summed E-state index contributed by atoms with van der Waals surface area (Å²) < 4.78 is 21.8. The second-order valence-electron chi connectivity index (χ2n) is 6.21. The van der Waals surface area contributed by atoms with Gasteiger partial charge in [0.15, 0.2) is 0 Å². The minimum atomic E-state index is 0.606. The molecule has 6 nitrogen and oxygen atoms in total. The van der Waals surface area contributed by atoms with Crippen LogP contribution in [0.15, 0.2) is 53.1 Å². The fourth-order valence-corrected chi connectivity index (χ4v) is 2.90. The molecule has 3 rings (SSSR count). The molecular formula is C22H26N2O4. The summed E-state index contributed by atoms with van der Waals surface area (Å²) >= 11 is 0. The van der Waals surface area contributed by atoms with Crippen molar-refractivity contribution in [3.63, 3.8) is 0 Å². The minimum absolute atomic E-state index is 0.606. The Hall–Kier alpha value is -2.99. The Bertz CT molecular complexity index is 874. The Labute approximate surface area is 165 Å². The highest BCUT2D eigenvalue weighted by atomic mass is 16.5. The third-order valence-corrected chi connectivity index (χ3v) is 4.33. The van der Waals surface area contributed by atoms with Gasteiger partial charge in [-0.2, -0.15) is 0 Å². The lowest BCUT2D eigenvalue weighted by Crippen LogP contribution is -2.17. The number of nitrogens with zero attached hydrogens (tertiary/aromatic N) is 1. The zero-order valence-corrected chi connectivity index (χ0v) is 16.5. The van der Waals surface area contributed by atoms with E-state index in [-0.39, 0.29) is 0 Å². The van der Waals surface area contributed by atoms with Crippen molar-refractivity contribution in [2.24, 2.45) is 0 Å². The van der Waals surface area contributed by atoms with E-state index in [2.05, 4.69) is 10.3 Å². The molecule has 148 valence electrons. The van der Waals surface area contributed by atoms with Crippen molar-refractivity contribution in [1.29, 1.82) is 0 Å². The van der Waals surface area contributed by atoms with E-state index in [0.29, 0.717) is 19.0 Å². The first-order valence-corrected chi connectivity index (χ1v) is 9.32. The molecule has 3 aromatic rings. The van der Waals surface area contributed by atoms with Gasteiger partial charge in [0.2, 0.25) is 5.89 Å². The zero-order chi connectivity index (χ0) is 19.8. The SMILES string of the molecule is CCOc1ccc(-c2nc(CNCCc3cc(OC)ccc3OC)co2)cc1. The largest absolute Gasteiger partial charge is 0.497 e. The fourth-order valence-electron chi connectivity index (χ4n) is 2.90. The average molecular weight is 382 g/mol. The minimum Gasteiger partial charge on any atom is -0.497 e. The summed E-state index contributed by atoms with van der Waals surface area (Å²) in [4.78, 5) is 4.55. The smallest absolute Gasteiger partial charge is 0.226 e. The number of benzene rings is 2. The highest BCUT2D eigenvalue weighted by molar-refractivity contribution is 5.54. The van der Waals surface area contributed by atoms with Crippen LogP contribution in [0.5, 0.6) is 17.2 Å². The second-order valence-corrected chi connectivity index (χ2v) is 6.21. The van der Waals surface area contributed by atoms with Gasteiger partial charge >= 0.3 is 0 Å². The number of ether oxygens (including phenoxy) is 3. The van der Waals surface area contributed by atoms with E-state index in [1.54, 1.807) is 20.5 Å². The Kier molecular flexibility index (Phi) is 6.92. The number of hydrogen-bond donors (Lipinski definition) is 1. The zero-order valence-electron chi connectivity index (χ0n) is 16.5. The third kappa shape index (κ3) is 5.04. The van der Waals surface area contributed by atoms with E-state index >= 15 is 0 Å². The Morgan fingerprint density at radius 3 is 2.50 bits per heavy atom. The van der Waals surface area contributed by atoms with Crippen LogP contribution < -0.4 is 19.5 Å². The molecule has 0 fully saturated rings. The molecule has 2 aromatic carbocycles. The highest BCUT2D eigenvalue weighted by Gasteiger charge is 2.08. The van der Waals surface area contributed by atoms with Gasteiger partial charge in [-0.25, -0.2) is 4.98 Å². The summed E-state index contributed by atoms with van der Waals surface area (Å²) in [6, 6.07) is 13.6. The Morgan fingerprint density at radius 2 is 1.79 bits per heavy atom. The molecule has 0 unspecified atom stereocenters. The standard InChI is InChI=1S/C22H26N2O4/c1-4-27-19-7-5-16(6-8-19)22-24-18(15-28-22)14-23-12-11-17-13-20(25-2)9-10-21(17)26-3/h5-10,13,15,23H,4,11-12,14H2,1-3H3. The van der Waals surface area contributed by atoms with Crippen LogP contribution in [-0.2, 0) is 13.0 Å². The van der Waals surface area contributed by atoms with Crippen LogP contribution in [-0.4, -0.2) is 32.4 Å². The molecule has 0 saturated carbocycles. The van der Waals surface area contributed by atoms with Crippen LogP contribution in [0.2, 0.25) is 0 Å². The number of rotatable bonds is 10. The Morgan fingerprint density at radius 1 is 1.00 bits per heavy atom. The van der Waals surface area contributed by atoms with Crippen molar-refractivity contribution in [3.05, 3.63) is 60.0 Å². The normalized spacial score (nSPS) is 10.7. The third-order valence-electron chi connectivity index (χ3n) is 4.33. The number of methoxy groups -OCH3 is 2. The van der Waals surface area contributed by atoms with Gasteiger partial charge in [0.25, 0.3) is 0 Å². The predicted octanol–water partition coefficient (Wildman–Crippen LogP) is 4.09. The van der Waals surface area contributed by atoms with Gasteiger partial charge in [-0.05, 0) is 67.9 Å². The first kappa shape index (κ1) is 19.8. The van der Waals surface area contributed by atoms with Crippen LogP contribution in [0, 0.1) is 0 Å².